The molecular formula is C24H19ClN6O4S. The number of thiazole rings is 1. The lowest BCUT2D eigenvalue weighted by atomic mass is 10.0. The number of fused-ring (bicyclic) bond motifs is 1. The van der Waals surface area contributed by atoms with Crippen molar-refractivity contribution in [3.8, 4) is 22.6 Å². The molecule has 0 aromatic carbocycles. The molecule has 0 aliphatic carbocycles. The van der Waals surface area contributed by atoms with E-state index >= 15 is 0 Å². The number of carbonyl (C=O) groups is 2. The number of rotatable bonds is 5. The van der Waals surface area contributed by atoms with Gasteiger partial charge in [0.05, 0.1) is 48.7 Å². The molecule has 0 bridgehead atoms. The van der Waals surface area contributed by atoms with Crippen LogP contribution < -0.4 is 10.1 Å². The standard InChI is InChI=1S/C24H19ClN6O4S/c1-12-5-14(15-6-21(25)28-9-19(15)35-2)16(8-26-12)22(33)30-24-29-18-10-31(11-20(18)36-24)23(34)17-4-3-13(32)7-27-17/h3-9,32H,10-11H2,1-2H3,(H,29,30,33). The van der Waals surface area contributed by atoms with Gasteiger partial charge in [-0.1, -0.05) is 22.9 Å². The summed E-state index contributed by atoms with van der Waals surface area (Å²) in [5.41, 5.74) is 3.22. The topological polar surface area (TPSA) is 130 Å². The molecule has 5 rings (SSSR count). The lowest BCUT2D eigenvalue weighted by molar-refractivity contribution is 0.0744. The van der Waals surface area contributed by atoms with Crippen molar-refractivity contribution in [3.63, 3.8) is 0 Å². The van der Waals surface area contributed by atoms with E-state index in [2.05, 4.69) is 25.3 Å². The largest absolute Gasteiger partial charge is 0.506 e. The van der Waals surface area contributed by atoms with Gasteiger partial charge in [-0.3, -0.25) is 19.9 Å². The number of methoxy groups -OCH3 is 1. The molecule has 0 saturated heterocycles. The highest BCUT2D eigenvalue weighted by Gasteiger charge is 2.29. The summed E-state index contributed by atoms with van der Waals surface area (Å²) in [6, 6.07) is 6.31. The number of hydrogen-bond donors (Lipinski definition) is 2. The van der Waals surface area contributed by atoms with Gasteiger partial charge in [-0.15, -0.1) is 0 Å². The Labute approximate surface area is 214 Å². The Hall–Kier alpha value is -4.09. The lowest BCUT2D eigenvalue weighted by Crippen LogP contribution is -2.26. The average Bonchev–Trinajstić information content (AvgIpc) is 3.42. The number of pyridine rings is 3. The summed E-state index contributed by atoms with van der Waals surface area (Å²) < 4.78 is 5.42. The van der Waals surface area contributed by atoms with Gasteiger partial charge >= 0.3 is 0 Å². The third-order valence-electron chi connectivity index (χ3n) is 5.56. The minimum atomic E-state index is -0.388. The van der Waals surface area contributed by atoms with E-state index in [1.807, 2.05) is 6.92 Å². The molecule has 10 nitrogen and oxygen atoms in total. The number of halogens is 1. The molecule has 0 radical (unpaired) electrons. The van der Waals surface area contributed by atoms with E-state index in [-0.39, 0.29) is 28.4 Å². The zero-order chi connectivity index (χ0) is 25.4. The van der Waals surface area contributed by atoms with Crippen LogP contribution in [0.4, 0.5) is 5.13 Å². The second kappa shape index (κ2) is 9.51. The third kappa shape index (κ3) is 4.58. The zero-order valence-corrected chi connectivity index (χ0v) is 20.7. The normalized spacial score (nSPS) is 12.4. The van der Waals surface area contributed by atoms with Gasteiger partial charge in [-0.05, 0) is 31.2 Å². The van der Waals surface area contributed by atoms with Crippen LogP contribution in [0.3, 0.4) is 0 Å². The van der Waals surface area contributed by atoms with Crippen molar-refractivity contribution in [3.05, 3.63) is 75.5 Å². The highest BCUT2D eigenvalue weighted by molar-refractivity contribution is 7.16. The van der Waals surface area contributed by atoms with E-state index < -0.39 is 0 Å². The van der Waals surface area contributed by atoms with Crippen LogP contribution in [0.1, 0.15) is 37.1 Å². The van der Waals surface area contributed by atoms with Gasteiger partial charge in [0.25, 0.3) is 11.8 Å². The van der Waals surface area contributed by atoms with E-state index in [1.165, 1.54) is 49.2 Å². The maximum absolute atomic E-state index is 13.2. The van der Waals surface area contributed by atoms with Crippen molar-refractivity contribution >= 4 is 39.9 Å². The quantitative estimate of drug-likeness (QED) is 0.375. The molecule has 4 aromatic rings. The summed E-state index contributed by atoms with van der Waals surface area (Å²) in [4.78, 5) is 45.3. The first-order chi connectivity index (χ1) is 17.3. The molecule has 1 aliphatic rings. The van der Waals surface area contributed by atoms with Gasteiger partial charge in [0, 0.05) is 23.0 Å². The fourth-order valence-corrected chi connectivity index (χ4v) is 4.97. The second-order valence-electron chi connectivity index (χ2n) is 7.98. The number of amides is 2. The summed E-state index contributed by atoms with van der Waals surface area (Å²) in [5, 5.41) is 12.9. The number of anilines is 1. The first-order valence-corrected chi connectivity index (χ1v) is 11.9. The molecule has 182 valence electrons. The zero-order valence-electron chi connectivity index (χ0n) is 19.1. The minimum absolute atomic E-state index is 0.00784. The Morgan fingerprint density at radius 1 is 1.11 bits per heavy atom. The van der Waals surface area contributed by atoms with Gasteiger partial charge in [-0.2, -0.15) is 0 Å². The van der Waals surface area contributed by atoms with Crippen LogP contribution in [0.5, 0.6) is 11.5 Å². The number of nitrogens with zero attached hydrogens (tertiary/aromatic N) is 5. The first-order valence-electron chi connectivity index (χ1n) is 10.7. The number of ether oxygens (including phenoxy) is 1. The number of aromatic nitrogens is 4. The fourth-order valence-electron chi connectivity index (χ4n) is 3.83. The Balaban J connectivity index is 1.35. The molecule has 0 saturated carbocycles. The maximum atomic E-state index is 13.2. The molecule has 1 aliphatic heterocycles. The lowest BCUT2D eigenvalue weighted by Gasteiger charge is -2.15. The molecule has 5 heterocycles. The number of carbonyl (C=O) groups excluding carboxylic acids is 2. The third-order valence-corrected chi connectivity index (χ3v) is 6.76. The van der Waals surface area contributed by atoms with Crippen LogP contribution >= 0.6 is 22.9 Å². The van der Waals surface area contributed by atoms with Crippen LogP contribution in [0.2, 0.25) is 5.15 Å². The van der Waals surface area contributed by atoms with Crippen LogP contribution in [0.15, 0.2) is 42.9 Å². The highest BCUT2D eigenvalue weighted by Crippen LogP contribution is 2.35. The predicted octanol–water partition coefficient (Wildman–Crippen LogP) is 4.08. The molecule has 12 heteroatoms. The first kappa shape index (κ1) is 23.6. The van der Waals surface area contributed by atoms with Crippen molar-refractivity contribution in [1.82, 2.24) is 24.8 Å². The van der Waals surface area contributed by atoms with E-state index in [4.69, 9.17) is 16.3 Å². The van der Waals surface area contributed by atoms with Crippen LogP contribution in [-0.4, -0.2) is 48.9 Å². The van der Waals surface area contributed by atoms with Gasteiger partial charge < -0.3 is 14.7 Å². The average molecular weight is 523 g/mol. The molecule has 0 fully saturated rings. The summed E-state index contributed by atoms with van der Waals surface area (Å²) in [7, 11) is 1.52. The van der Waals surface area contributed by atoms with Crippen molar-refractivity contribution in [2.45, 2.75) is 20.0 Å². The van der Waals surface area contributed by atoms with Gasteiger partial charge in [0.1, 0.15) is 22.3 Å². The minimum Gasteiger partial charge on any atom is -0.506 e. The molecule has 4 aromatic heterocycles. The summed E-state index contributed by atoms with van der Waals surface area (Å²) in [6.45, 7) is 2.48. The monoisotopic (exact) mass is 522 g/mol. The van der Waals surface area contributed by atoms with Crippen molar-refractivity contribution in [1.29, 1.82) is 0 Å². The maximum Gasteiger partial charge on any atom is 0.273 e. The molecule has 0 atom stereocenters. The molecule has 2 amide bonds. The van der Waals surface area contributed by atoms with Crippen LogP contribution in [-0.2, 0) is 13.1 Å². The molecule has 0 unspecified atom stereocenters. The summed E-state index contributed by atoms with van der Waals surface area (Å²) in [5.74, 6) is -0.182. The molecule has 0 spiro atoms. The molecule has 2 N–H and O–H groups in total. The van der Waals surface area contributed by atoms with E-state index in [0.29, 0.717) is 46.4 Å². The Bertz CT molecular complexity index is 1470. The van der Waals surface area contributed by atoms with Crippen molar-refractivity contribution in [2.24, 2.45) is 0 Å². The second-order valence-corrected chi connectivity index (χ2v) is 9.46. The number of aryl methyl sites for hydroxylation is 1. The Kier molecular flexibility index (Phi) is 6.25. The Morgan fingerprint density at radius 3 is 2.67 bits per heavy atom. The van der Waals surface area contributed by atoms with Crippen LogP contribution in [0.25, 0.3) is 11.1 Å². The van der Waals surface area contributed by atoms with Gasteiger partial charge in [-0.25, -0.2) is 15.0 Å². The van der Waals surface area contributed by atoms with Crippen LogP contribution in [0, 0.1) is 6.92 Å². The van der Waals surface area contributed by atoms with E-state index in [0.717, 1.165) is 10.6 Å². The number of nitrogens with one attached hydrogen (secondary N) is 1. The van der Waals surface area contributed by atoms with Crippen molar-refractivity contribution < 1.29 is 19.4 Å². The van der Waals surface area contributed by atoms with E-state index in [9.17, 15) is 14.7 Å². The fraction of sp³-hybridized carbons (Fsp3) is 0.167. The summed E-state index contributed by atoms with van der Waals surface area (Å²) in [6.07, 6.45) is 4.23. The summed E-state index contributed by atoms with van der Waals surface area (Å²) >= 11 is 7.42. The number of aromatic hydroxyl groups is 1. The molecular weight excluding hydrogens is 504 g/mol. The predicted molar refractivity (Wildman–Crippen MR) is 133 cm³/mol. The van der Waals surface area contributed by atoms with Gasteiger partial charge in [0.15, 0.2) is 5.13 Å². The van der Waals surface area contributed by atoms with Gasteiger partial charge in [0.2, 0.25) is 0 Å². The highest BCUT2D eigenvalue weighted by atomic mass is 35.5. The smallest absolute Gasteiger partial charge is 0.273 e. The number of hydrogen-bond acceptors (Lipinski definition) is 9. The van der Waals surface area contributed by atoms with Crippen molar-refractivity contribution in [2.75, 3.05) is 12.4 Å². The molecule has 36 heavy (non-hydrogen) atoms. The SMILES string of the molecule is COc1cnc(Cl)cc1-c1cc(C)ncc1C(=O)Nc1nc2c(s1)CN(C(=O)c1ccc(O)cn1)C2. The Morgan fingerprint density at radius 2 is 1.94 bits per heavy atom. The van der Waals surface area contributed by atoms with E-state index in [1.54, 1.807) is 17.0 Å².